The average Bonchev–Trinajstić information content (AvgIpc) is 2.67. The number of halogens is 3. The lowest BCUT2D eigenvalue weighted by molar-refractivity contribution is 0.00454. The van der Waals surface area contributed by atoms with Gasteiger partial charge >= 0.3 is 0 Å². The van der Waals surface area contributed by atoms with Gasteiger partial charge in [-0.15, -0.1) is 22.9 Å². The maximum atomic E-state index is 12.4. The number of rotatable bonds is 2. The molecule has 2 rings (SSSR count). The van der Waals surface area contributed by atoms with Crippen LogP contribution in [0.1, 0.15) is 10.4 Å². The third kappa shape index (κ3) is 3.04. The summed E-state index contributed by atoms with van der Waals surface area (Å²) in [4.78, 5) is 14.2. The van der Waals surface area contributed by atoms with Crippen molar-refractivity contribution in [2.75, 3.05) is 25.6 Å². The summed E-state index contributed by atoms with van der Waals surface area (Å²) < 4.78 is 7.10. The highest BCUT2D eigenvalue weighted by Crippen LogP contribution is 2.33. The molecule has 1 unspecified atom stereocenters. The van der Waals surface area contributed by atoms with E-state index in [4.69, 9.17) is 16.3 Å². The van der Waals surface area contributed by atoms with Crippen LogP contribution in [0.2, 0.25) is 0 Å². The number of nitrogens with zero attached hydrogens (tertiary/aromatic N) is 1. The number of ether oxygens (including phenoxy) is 1. The van der Waals surface area contributed by atoms with E-state index in [1.807, 2.05) is 6.07 Å². The molecule has 0 aromatic carbocycles. The normalized spacial score (nSPS) is 20.6. The van der Waals surface area contributed by atoms with Crippen molar-refractivity contribution in [3.05, 3.63) is 19.2 Å². The third-order valence-corrected chi connectivity index (χ3v) is 5.25. The van der Waals surface area contributed by atoms with Crippen molar-refractivity contribution < 1.29 is 9.53 Å². The minimum absolute atomic E-state index is 0.00720. The summed E-state index contributed by atoms with van der Waals surface area (Å²) in [5.41, 5.74) is 0.680. The molecule has 0 aliphatic carbocycles. The highest BCUT2D eigenvalue weighted by Gasteiger charge is 2.29. The van der Waals surface area contributed by atoms with E-state index < -0.39 is 0 Å². The molecule has 1 saturated heterocycles. The fourth-order valence-electron chi connectivity index (χ4n) is 1.69. The Balaban J connectivity index is 2.21. The predicted octanol–water partition coefficient (Wildman–Crippen LogP) is 3.35. The van der Waals surface area contributed by atoms with Crippen LogP contribution in [-0.2, 0) is 4.74 Å². The van der Waals surface area contributed by atoms with Crippen LogP contribution in [0, 0.1) is 0 Å². The van der Waals surface area contributed by atoms with Gasteiger partial charge in [0.2, 0.25) is 0 Å². The van der Waals surface area contributed by atoms with E-state index in [9.17, 15) is 4.79 Å². The summed E-state index contributed by atoms with van der Waals surface area (Å²) in [6, 6.07) is 1.79. The molecule has 1 fully saturated rings. The van der Waals surface area contributed by atoms with E-state index in [0.29, 0.717) is 31.2 Å². The van der Waals surface area contributed by atoms with Crippen LogP contribution in [0.3, 0.4) is 0 Å². The van der Waals surface area contributed by atoms with Crippen molar-refractivity contribution in [3.8, 4) is 0 Å². The van der Waals surface area contributed by atoms with Gasteiger partial charge in [-0.05, 0) is 37.9 Å². The van der Waals surface area contributed by atoms with Gasteiger partial charge in [0, 0.05) is 12.4 Å². The third-order valence-electron chi connectivity index (χ3n) is 2.55. The Morgan fingerprint density at radius 2 is 2.41 bits per heavy atom. The van der Waals surface area contributed by atoms with Gasteiger partial charge in [0.1, 0.15) is 0 Å². The van der Waals surface area contributed by atoms with Gasteiger partial charge in [-0.1, -0.05) is 0 Å². The van der Waals surface area contributed by atoms with Crippen LogP contribution in [0.25, 0.3) is 0 Å². The SMILES string of the molecule is O=C(c1cc(Br)sc1Br)N1CCOCC1CCl. The van der Waals surface area contributed by atoms with E-state index in [2.05, 4.69) is 31.9 Å². The van der Waals surface area contributed by atoms with Gasteiger partial charge in [0.25, 0.3) is 5.91 Å². The van der Waals surface area contributed by atoms with Crippen molar-refractivity contribution in [2.45, 2.75) is 6.04 Å². The Kier molecular flexibility index (Phi) is 4.88. The maximum absolute atomic E-state index is 12.4. The summed E-state index contributed by atoms with van der Waals surface area (Å²) in [6.45, 7) is 1.68. The number of hydrogen-bond acceptors (Lipinski definition) is 3. The lowest BCUT2D eigenvalue weighted by atomic mass is 10.2. The molecule has 17 heavy (non-hydrogen) atoms. The van der Waals surface area contributed by atoms with Crippen LogP contribution < -0.4 is 0 Å². The fraction of sp³-hybridized carbons (Fsp3) is 0.500. The van der Waals surface area contributed by atoms with Crippen molar-refractivity contribution in [1.82, 2.24) is 4.90 Å². The molecule has 0 spiro atoms. The van der Waals surface area contributed by atoms with E-state index >= 15 is 0 Å². The first kappa shape index (κ1) is 13.8. The number of alkyl halides is 1. The number of hydrogen-bond donors (Lipinski definition) is 0. The number of carbonyl (C=O) groups is 1. The highest BCUT2D eigenvalue weighted by molar-refractivity contribution is 9.12. The molecule has 0 bridgehead atoms. The first-order valence-electron chi connectivity index (χ1n) is 5.03. The standard InChI is InChI=1S/C10H10Br2ClNO2S/c11-8-3-7(9(12)17-8)10(15)14-1-2-16-5-6(14)4-13/h3,6H,1-2,4-5H2. The van der Waals surface area contributed by atoms with E-state index in [-0.39, 0.29) is 11.9 Å². The topological polar surface area (TPSA) is 29.5 Å². The molecule has 1 atom stereocenters. The van der Waals surface area contributed by atoms with Gasteiger partial charge in [-0.25, -0.2) is 0 Å². The minimum Gasteiger partial charge on any atom is -0.377 e. The van der Waals surface area contributed by atoms with Gasteiger partial charge in [-0.2, -0.15) is 0 Å². The average molecular weight is 404 g/mol. The molecule has 7 heteroatoms. The quantitative estimate of drug-likeness (QED) is 0.709. The molecular weight excluding hydrogens is 393 g/mol. The Hall–Kier alpha value is 0.380. The molecule has 1 aliphatic rings. The van der Waals surface area contributed by atoms with Gasteiger partial charge < -0.3 is 9.64 Å². The summed E-state index contributed by atoms with van der Waals surface area (Å²) >= 11 is 14.1. The Labute approximate surface area is 125 Å². The second-order valence-electron chi connectivity index (χ2n) is 3.62. The maximum Gasteiger partial charge on any atom is 0.256 e. The van der Waals surface area contributed by atoms with Crippen LogP contribution in [0.15, 0.2) is 13.6 Å². The molecule has 1 amide bonds. The van der Waals surface area contributed by atoms with Gasteiger partial charge in [-0.3, -0.25) is 4.79 Å². The smallest absolute Gasteiger partial charge is 0.256 e. The molecule has 1 aromatic rings. The second kappa shape index (κ2) is 6.02. The van der Waals surface area contributed by atoms with Gasteiger partial charge in [0.05, 0.1) is 32.4 Å². The largest absolute Gasteiger partial charge is 0.377 e. The van der Waals surface area contributed by atoms with Crippen LogP contribution in [0.5, 0.6) is 0 Å². The van der Waals surface area contributed by atoms with Crippen molar-refractivity contribution in [3.63, 3.8) is 0 Å². The molecule has 3 nitrogen and oxygen atoms in total. The molecule has 0 saturated carbocycles. The fourth-order valence-corrected chi connectivity index (χ4v) is 4.72. The minimum atomic E-state index is -0.0384. The van der Waals surface area contributed by atoms with Crippen molar-refractivity contribution in [1.29, 1.82) is 0 Å². The molecule has 1 aliphatic heterocycles. The Morgan fingerprint density at radius 3 is 3.00 bits per heavy atom. The van der Waals surface area contributed by atoms with Crippen molar-refractivity contribution >= 4 is 60.7 Å². The van der Waals surface area contributed by atoms with Crippen molar-refractivity contribution in [2.24, 2.45) is 0 Å². The number of carbonyl (C=O) groups excluding carboxylic acids is 1. The Bertz CT molecular complexity index is 426. The molecular formula is C10H10Br2ClNO2S. The highest BCUT2D eigenvalue weighted by atomic mass is 79.9. The lowest BCUT2D eigenvalue weighted by Crippen LogP contribution is -2.49. The summed E-state index contributed by atoms with van der Waals surface area (Å²) in [5, 5.41) is 0. The van der Waals surface area contributed by atoms with E-state index in [1.54, 1.807) is 4.90 Å². The van der Waals surface area contributed by atoms with Gasteiger partial charge in [0.15, 0.2) is 0 Å². The zero-order valence-corrected chi connectivity index (χ0v) is 13.5. The zero-order chi connectivity index (χ0) is 12.4. The first-order valence-corrected chi connectivity index (χ1v) is 7.96. The second-order valence-corrected chi connectivity index (χ2v) is 7.68. The van der Waals surface area contributed by atoms with Crippen LogP contribution in [-0.4, -0.2) is 42.5 Å². The monoisotopic (exact) mass is 401 g/mol. The van der Waals surface area contributed by atoms with E-state index in [0.717, 1.165) is 7.57 Å². The summed E-state index contributed by atoms with van der Waals surface area (Å²) in [5.74, 6) is 0.405. The molecule has 1 aromatic heterocycles. The number of amides is 1. The Morgan fingerprint density at radius 1 is 1.65 bits per heavy atom. The molecule has 0 radical (unpaired) electrons. The van der Waals surface area contributed by atoms with E-state index in [1.165, 1.54) is 11.3 Å². The molecule has 94 valence electrons. The molecule has 2 heterocycles. The zero-order valence-electron chi connectivity index (χ0n) is 8.79. The summed E-state index contributed by atoms with van der Waals surface area (Å²) in [6.07, 6.45) is 0. The lowest BCUT2D eigenvalue weighted by Gasteiger charge is -2.34. The van der Waals surface area contributed by atoms with Crippen LogP contribution in [0.4, 0.5) is 0 Å². The number of thiophene rings is 1. The first-order chi connectivity index (χ1) is 8.13. The summed E-state index contributed by atoms with van der Waals surface area (Å²) in [7, 11) is 0. The number of morpholine rings is 1. The molecule has 0 N–H and O–H groups in total. The van der Waals surface area contributed by atoms with Crippen LogP contribution >= 0.6 is 54.8 Å². The predicted molar refractivity (Wildman–Crippen MR) is 76.1 cm³/mol.